The zero-order valence-electron chi connectivity index (χ0n) is 20.6. The molecule has 2 aromatic heterocycles. The SMILES string of the molecule is COc1ccc(C(=O)N2CCN(C(=O)CSc3nnc(-c4cccs4)n3-c3ccccc3)CC2C)cc1. The first-order chi connectivity index (χ1) is 18.0. The van der Waals surface area contributed by atoms with E-state index in [0.29, 0.717) is 36.1 Å². The molecule has 0 saturated carbocycles. The van der Waals surface area contributed by atoms with Gasteiger partial charge in [-0.1, -0.05) is 36.0 Å². The third-order valence-corrected chi connectivity index (χ3v) is 8.07. The minimum Gasteiger partial charge on any atom is -0.497 e. The van der Waals surface area contributed by atoms with Crippen molar-refractivity contribution in [2.24, 2.45) is 0 Å². The number of nitrogens with zero attached hydrogens (tertiary/aromatic N) is 5. The summed E-state index contributed by atoms with van der Waals surface area (Å²) in [4.78, 5) is 30.9. The van der Waals surface area contributed by atoms with Crippen LogP contribution in [0.2, 0.25) is 0 Å². The van der Waals surface area contributed by atoms with Crippen LogP contribution in [0.3, 0.4) is 0 Å². The van der Waals surface area contributed by atoms with E-state index in [1.54, 1.807) is 42.7 Å². The van der Waals surface area contributed by atoms with E-state index in [1.165, 1.54) is 11.8 Å². The quantitative estimate of drug-likeness (QED) is 0.326. The van der Waals surface area contributed by atoms with Crippen LogP contribution in [0.25, 0.3) is 16.4 Å². The van der Waals surface area contributed by atoms with E-state index in [0.717, 1.165) is 16.4 Å². The monoisotopic (exact) mass is 533 g/mol. The molecule has 0 radical (unpaired) electrons. The molecule has 8 nitrogen and oxygen atoms in total. The topological polar surface area (TPSA) is 80.6 Å². The van der Waals surface area contributed by atoms with Crippen LogP contribution in [-0.2, 0) is 4.79 Å². The van der Waals surface area contributed by atoms with E-state index < -0.39 is 0 Å². The van der Waals surface area contributed by atoms with Gasteiger partial charge in [-0.05, 0) is 54.8 Å². The minimum absolute atomic E-state index is 0.0219. The van der Waals surface area contributed by atoms with Gasteiger partial charge in [0.15, 0.2) is 11.0 Å². The summed E-state index contributed by atoms with van der Waals surface area (Å²) < 4.78 is 7.18. The lowest BCUT2D eigenvalue weighted by atomic mass is 10.1. The molecule has 0 aliphatic carbocycles. The van der Waals surface area contributed by atoms with E-state index in [1.807, 2.05) is 69.1 Å². The normalized spacial score (nSPS) is 15.6. The zero-order valence-corrected chi connectivity index (χ0v) is 22.2. The molecule has 2 aromatic carbocycles. The summed E-state index contributed by atoms with van der Waals surface area (Å²) in [7, 11) is 1.60. The van der Waals surface area contributed by atoms with Crippen LogP contribution in [0, 0.1) is 0 Å². The third kappa shape index (κ3) is 5.40. The average molecular weight is 534 g/mol. The molecular formula is C27H27N5O3S2. The van der Waals surface area contributed by atoms with Crippen LogP contribution in [0.1, 0.15) is 17.3 Å². The van der Waals surface area contributed by atoms with Crippen molar-refractivity contribution >= 4 is 34.9 Å². The number of hydrogen-bond acceptors (Lipinski definition) is 7. The van der Waals surface area contributed by atoms with Crippen molar-refractivity contribution in [3.8, 4) is 22.1 Å². The number of methoxy groups -OCH3 is 1. The molecule has 1 saturated heterocycles. The van der Waals surface area contributed by atoms with Gasteiger partial charge in [0.25, 0.3) is 5.91 Å². The van der Waals surface area contributed by atoms with Crippen molar-refractivity contribution in [1.29, 1.82) is 0 Å². The Morgan fingerprint density at radius 3 is 2.49 bits per heavy atom. The molecule has 0 N–H and O–H groups in total. The second-order valence-corrected chi connectivity index (χ2v) is 10.5. The lowest BCUT2D eigenvalue weighted by Crippen LogP contribution is -2.55. The average Bonchev–Trinajstić information content (AvgIpc) is 3.62. The number of aromatic nitrogens is 3. The Bertz CT molecular complexity index is 1360. The summed E-state index contributed by atoms with van der Waals surface area (Å²) in [6.07, 6.45) is 0. The van der Waals surface area contributed by atoms with Gasteiger partial charge in [-0.25, -0.2) is 0 Å². The molecule has 3 heterocycles. The lowest BCUT2D eigenvalue weighted by molar-refractivity contribution is -0.130. The maximum Gasteiger partial charge on any atom is 0.254 e. The Morgan fingerprint density at radius 1 is 1.03 bits per heavy atom. The van der Waals surface area contributed by atoms with E-state index in [-0.39, 0.29) is 23.6 Å². The number of rotatable bonds is 7. The highest BCUT2D eigenvalue weighted by Gasteiger charge is 2.30. The molecular weight excluding hydrogens is 506 g/mol. The highest BCUT2D eigenvalue weighted by Crippen LogP contribution is 2.30. The van der Waals surface area contributed by atoms with Gasteiger partial charge in [-0.2, -0.15) is 0 Å². The van der Waals surface area contributed by atoms with Crippen molar-refractivity contribution in [2.45, 2.75) is 18.1 Å². The molecule has 4 aromatic rings. The van der Waals surface area contributed by atoms with Gasteiger partial charge in [-0.15, -0.1) is 21.5 Å². The number of amides is 2. The largest absolute Gasteiger partial charge is 0.497 e. The van der Waals surface area contributed by atoms with Gasteiger partial charge >= 0.3 is 0 Å². The second-order valence-electron chi connectivity index (χ2n) is 8.66. The van der Waals surface area contributed by atoms with Crippen LogP contribution in [-0.4, -0.2) is 74.9 Å². The van der Waals surface area contributed by atoms with Crippen molar-refractivity contribution in [1.82, 2.24) is 24.6 Å². The van der Waals surface area contributed by atoms with Crippen LogP contribution in [0.15, 0.2) is 77.3 Å². The van der Waals surface area contributed by atoms with Crippen LogP contribution in [0.5, 0.6) is 5.75 Å². The molecule has 0 spiro atoms. The zero-order chi connectivity index (χ0) is 25.8. The van der Waals surface area contributed by atoms with Gasteiger partial charge in [0.05, 0.1) is 17.7 Å². The Kier molecular flexibility index (Phi) is 7.57. The molecule has 5 rings (SSSR count). The molecule has 190 valence electrons. The number of benzene rings is 2. The Labute approximate surface area is 223 Å². The van der Waals surface area contributed by atoms with Crippen LogP contribution in [0.4, 0.5) is 0 Å². The van der Waals surface area contributed by atoms with Gasteiger partial charge in [-0.3, -0.25) is 14.2 Å². The van der Waals surface area contributed by atoms with Crippen molar-refractivity contribution < 1.29 is 14.3 Å². The molecule has 0 bridgehead atoms. The molecule has 1 unspecified atom stereocenters. The predicted molar refractivity (Wildman–Crippen MR) is 145 cm³/mol. The number of carbonyl (C=O) groups excluding carboxylic acids is 2. The highest BCUT2D eigenvalue weighted by molar-refractivity contribution is 7.99. The highest BCUT2D eigenvalue weighted by atomic mass is 32.2. The summed E-state index contributed by atoms with van der Waals surface area (Å²) in [6, 6.07) is 21.0. The fourth-order valence-electron chi connectivity index (χ4n) is 4.34. The molecule has 2 amide bonds. The first-order valence-electron chi connectivity index (χ1n) is 12.0. The predicted octanol–water partition coefficient (Wildman–Crippen LogP) is 4.47. The number of carbonyl (C=O) groups is 2. The summed E-state index contributed by atoms with van der Waals surface area (Å²) in [5, 5.41) is 11.5. The molecule has 1 aliphatic rings. The Hall–Kier alpha value is -3.63. The van der Waals surface area contributed by atoms with E-state index in [2.05, 4.69) is 10.2 Å². The summed E-state index contributed by atoms with van der Waals surface area (Å²) in [5.41, 5.74) is 1.56. The number of thiophene rings is 1. The molecule has 1 aliphatic heterocycles. The van der Waals surface area contributed by atoms with Gasteiger partial charge in [0.1, 0.15) is 5.75 Å². The minimum atomic E-state index is -0.0873. The second kappa shape index (κ2) is 11.2. The standard InChI is InChI=1S/C27H27N5O3S2/c1-19-17-30(14-15-31(19)26(34)20-10-12-22(35-2)13-11-20)24(33)18-37-27-29-28-25(23-9-6-16-36-23)32(27)21-7-4-3-5-8-21/h3-13,16,19H,14-15,17-18H2,1-2H3. The summed E-state index contributed by atoms with van der Waals surface area (Å²) >= 11 is 2.98. The molecule has 10 heteroatoms. The van der Waals surface area contributed by atoms with Gasteiger partial charge in [0, 0.05) is 36.9 Å². The number of para-hydroxylation sites is 1. The summed E-state index contributed by atoms with van der Waals surface area (Å²) in [6.45, 7) is 3.46. The fourth-order valence-corrected chi connectivity index (χ4v) is 5.89. The van der Waals surface area contributed by atoms with Crippen LogP contribution < -0.4 is 4.74 Å². The van der Waals surface area contributed by atoms with Crippen molar-refractivity contribution in [3.63, 3.8) is 0 Å². The molecule has 1 fully saturated rings. The van der Waals surface area contributed by atoms with Crippen LogP contribution >= 0.6 is 23.1 Å². The fraction of sp³-hybridized carbons (Fsp3) is 0.259. The first kappa shape index (κ1) is 25.0. The number of hydrogen-bond donors (Lipinski definition) is 0. The van der Waals surface area contributed by atoms with E-state index in [4.69, 9.17) is 4.74 Å². The van der Waals surface area contributed by atoms with Gasteiger partial charge in [0.2, 0.25) is 5.91 Å². The van der Waals surface area contributed by atoms with E-state index >= 15 is 0 Å². The molecule has 1 atom stereocenters. The van der Waals surface area contributed by atoms with Gasteiger partial charge < -0.3 is 14.5 Å². The maximum absolute atomic E-state index is 13.1. The Balaban J connectivity index is 1.24. The number of ether oxygens (including phenoxy) is 1. The maximum atomic E-state index is 13.1. The Morgan fingerprint density at radius 2 is 1.81 bits per heavy atom. The number of piperazine rings is 1. The van der Waals surface area contributed by atoms with Crippen molar-refractivity contribution in [2.75, 3.05) is 32.5 Å². The lowest BCUT2D eigenvalue weighted by Gasteiger charge is -2.40. The smallest absolute Gasteiger partial charge is 0.254 e. The first-order valence-corrected chi connectivity index (χ1v) is 13.8. The third-order valence-electron chi connectivity index (χ3n) is 6.29. The molecule has 37 heavy (non-hydrogen) atoms. The van der Waals surface area contributed by atoms with E-state index in [9.17, 15) is 9.59 Å². The summed E-state index contributed by atoms with van der Waals surface area (Å²) in [5.74, 6) is 1.70. The van der Waals surface area contributed by atoms with Crippen molar-refractivity contribution in [3.05, 3.63) is 77.7 Å². The number of thioether (sulfide) groups is 1.